The first-order valence-corrected chi connectivity index (χ1v) is 7.94. The Kier molecular flexibility index (Phi) is 4.38. The lowest BCUT2D eigenvalue weighted by Gasteiger charge is -2.26. The van der Waals surface area contributed by atoms with Gasteiger partial charge in [0.05, 0.1) is 6.04 Å². The van der Waals surface area contributed by atoms with E-state index in [2.05, 4.69) is 5.32 Å². The lowest BCUT2D eigenvalue weighted by Crippen LogP contribution is -2.30. The van der Waals surface area contributed by atoms with Crippen LogP contribution in [0.4, 0.5) is 4.39 Å². The van der Waals surface area contributed by atoms with E-state index in [1.807, 2.05) is 0 Å². The number of carboxylic acid groups (broad SMARTS) is 1. The van der Waals surface area contributed by atoms with Crippen LogP contribution in [0.1, 0.15) is 63.6 Å². The van der Waals surface area contributed by atoms with Crippen molar-refractivity contribution in [3.63, 3.8) is 0 Å². The Hall–Kier alpha value is -2.63. The number of carbonyl (C=O) groups is 2. The van der Waals surface area contributed by atoms with Crippen LogP contribution in [0.5, 0.6) is 0 Å². The average Bonchev–Trinajstić information content (AvgIpc) is 2.99. The summed E-state index contributed by atoms with van der Waals surface area (Å²) in [6, 6.07) is 5.60. The summed E-state index contributed by atoms with van der Waals surface area (Å²) in [6.07, 6.45) is 2.77. The molecular weight excluding hydrogens is 313 g/mol. The standard InChI is InChI=1S/C18H18FNO4/c1-2-15-13(18(22)23)9-16(24-15)17(21)20-14-5-3-4-10-8-11(19)6-7-12(10)14/h6-9,14H,2-5H2,1H3,(H,20,21)(H,22,23). The number of amides is 1. The van der Waals surface area contributed by atoms with Crippen molar-refractivity contribution in [3.8, 4) is 0 Å². The highest BCUT2D eigenvalue weighted by Crippen LogP contribution is 2.30. The number of halogens is 1. The van der Waals surface area contributed by atoms with Crippen molar-refractivity contribution in [1.29, 1.82) is 0 Å². The van der Waals surface area contributed by atoms with Crippen LogP contribution in [0.2, 0.25) is 0 Å². The number of carbonyl (C=O) groups excluding carboxylic acids is 1. The van der Waals surface area contributed by atoms with Crippen LogP contribution >= 0.6 is 0 Å². The molecule has 1 aliphatic carbocycles. The summed E-state index contributed by atoms with van der Waals surface area (Å²) in [5, 5.41) is 12.0. The lowest BCUT2D eigenvalue weighted by atomic mass is 9.87. The van der Waals surface area contributed by atoms with E-state index in [1.54, 1.807) is 13.0 Å². The molecule has 1 aromatic carbocycles. The van der Waals surface area contributed by atoms with Gasteiger partial charge < -0.3 is 14.8 Å². The number of nitrogens with one attached hydrogen (secondary N) is 1. The molecule has 0 aliphatic heterocycles. The number of rotatable bonds is 4. The van der Waals surface area contributed by atoms with E-state index in [9.17, 15) is 14.0 Å². The molecule has 0 fully saturated rings. The van der Waals surface area contributed by atoms with Crippen LogP contribution in [-0.4, -0.2) is 17.0 Å². The van der Waals surface area contributed by atoms with Crippen molar-refractivity contribution in [2.24, 2.45) is 0 Å². The maximum absolute atomic E-state index is 13.4. The van der Waals surface area contributed by atoms with E-state index in [0.29, 0.717) is 6.42 Å². The van der Waals surface area contributed by atoms with E-state index < -0.39 is 11.9 Å². The summed E-state index contributed by atoms with van der Waals surface area (Å²) in [6.45, 7) is 1.76. The molecular formula is C18H18FNO4. The zero-order valence-electron chi connectivity index (χ0n) is 13.3. The number of furan rings is 1. The van der Waals surface area contributed by atoms with Gasteiger partial charge in [-0.25, -0.2) is 9.18 Å². The molecule has 1 heterocycles. The summed E-state index contributed by atoms with van der Waals surface area (Å²) in [5.74, 6) is -1.60. The van der Waals surface area contributed by atoms with Crippen LogP contribution < -0.4 is 5.32 Å². The minimum Gasteiger partial charge on any atom is -0.478 e. The van der Waals surface area contributed by atoms with Crippen LogP contribution in [-0.2, 0) is 12.8 Å². The van der Waals surface area contributed by atoms with Crippen LogP contribution in [0.25, 0.3) is 0 Å². The second-order valence-corrected chi connectivity index (χ2v) is 5.87. The largest absolute Gasteiger partial charge is 0.478 e. The predicted molar refractivity (Wildman–Crippen MR) is 84.6 cm³/mol. The molecule has 0 bridgehead atoms. The number of benzene rings is 1. The van der Waals surface area contributed by atoms with Gasteiger partial charge in [0.2, 0.25) is 0 Å². The van der Waals surface area contributed by atoms with E-state index in [1.165, 1.54) is 18.2 Å². The summed E-state index contributed by atoms with van der Waals surface area (Å²) in [4.78, 5) is 23.6. The van der Waals surface area contributed by atoms with Gasteiger partial charge in [0.1, 0.15) is 17.1 Å². The van der Waals surface area contributed by atoms with Crippen molar-refractivity contribution >= 4 is 11.9 Å². The highest BCUT2D eigenvalue weighted by molar-refractivity contribution is 5.96. The van der Waals surface area contributed by atoms with Gasteiger partial charge in [-0.3, -0.25) is 4.79 Å². The first-order chi connectivity index (χ1) is 11.5. The Morgan fingerprint density at radius 3 is 2.83 bits per heavy atom. The van der Waals surface area contributed by atoms with Gasteiger partial charge in [-0.2, -0.15) is 0 Å². The second kappa shape index (κ2) is 6.47. The van der Waals surface area contributed by atoms with Crippen molar-refractivity contribution in [2.75, 3.05) is 0 Å². The average molecular weight is 331 g/mol. The number of hydrogen-bond acceptors (Lipinski definition) is 3. The molecule has 5 nitrogen and oxygen atoms in total. The van der Waals surface area contributed by atoms with Crippen molar-refractivity contribution < 1.29 is 23.5 Å². The smallest absolute Gasteiger partial charge is 0.339 e. The molecule has 126 valence electrons. The van der Waals surface area contributed by atoms with Gasteiger partial charge in [0.15, 0.2) is 5.76 Å². The molecule has 0 radical (unpaired) electrons. The number of aromatic carboxylic acids is 1. The maximum atomic E-state index is 13.4. The van der Waals surface area contributed by atoms with Crippen LogP contribution in [0, 0.1) is 5.82 Å². The SMILES string of the molecule is CCc1oc(C(=O)NC2CCCc3cc(F)ccc32)cc1C(=O)O. The zero-order chi connectivity index (χ0) is 17.3. The Balaban J connectivity index is 1.83. The van der Waals surface area contributed by atoms with Gasteiger partial charge in [0, 0.05) is 12.5 Å². The van der Waals surface area contributed by atoms with Crippen molar-refractivity contribution in [3.05, 3.63) is 58.3 Å². The first-order valence-electron chi connectivity index (χ1n) is 7.94. The van der Waals surface area contributed by atoms with E-state index in [0.717, 1.165) is 30.4 Å². The first kappa shape index (κ1) is 16.2. The molecule has 3 rings (SSSR count). The van der Waals surface area contributed by atoms with Crippen LogP contribution in [0.15, 0.2) is 28.7 Å². The molecule has 1 atom stereocenters. The molecule has 1 amide bonds. The summed E-state index contributed by atoms with van der Waals surface area (Å²) in [7, 11) is 0. The van der Waals surface area contributed by atoms with Gasteiger partial charge in [-0.05, 0) is 42.5 Å². The summed E-state index contributed by atoms with van der Waals surface area (Å²) in [5.41, 5.74) is 1.80. The highest BCUT2D eigenvalue weighted by Gasteiger charge is 2.25. The number of aryl methyl sites for hydroxylation is 2. The van der Waals surface area contributed by atoms with E-state index >= 15 is 0 Å². The molecule has 0 saturated carbocycles. The molecule has 1 aromatic heterocycles. The fraction of sp³-hybridized carbons (Fsp3) is 0.333. The third-order valence-corrected chi connectivity index (χ3v) is 4.31. The molecule has 2 N–H and O–H groups in total. The van der Waals surface area contributed by atoms with Gasteiger partial charge in [0.25, 0.3) is 5.91 Å². The molecule has 2 aromatic rings. The third-order valence-electron chi connectivity index (χ3n) is 4.31. The topological polar surface area (TPSA) is 79.5 Å². The number of hydrogen-bond donors (Lipinski definition) is 2. The lowest BCUT2D eigenvalue weighted by molar-refractivity contribution is 0.0694. The molecule has 1 unspecified atom stereocenters. The van der Waals surface area contributed by atoms with E-state index in [-0.39, 0.29) is 28.9 Å². The normalized spacial score (nSPS) is 16.5. The summed E-state index contributed by atoms with van der Waals surface area (Å²) >= 11 is 0. The van der Waals surface area contributed by atoms with Crippen LogP contribution in [0.3, 0.4) is 0 Å². The quantitative estimate of drug-likeness (QED) is 0.899. The van der Waals surface area contributed by atoms with Gasteiger partial charge in [-0.1, -0.05) is 13.0 Å². The minimum atomic E-state index is -1.12. The van der Waals surface area contributed by atoms with Crippen molar-refractivity contribution in [2.45, 2.75) is 38.6 Å². The fourth-order valence-electron chi connectivity index (χ4n) is 3.15. The highest BCUT2D eigenvalue weighted by atomic mass is 19.1. The zero-order valence-corrected chi connectivity index (χ0v) is 13.3. The Labute approximate surface area is 138 Å². The maximum Gasteiger partial charge on any atom is 0.339 e. The fourth-order valence-corrected chi connectivity index (χ4v) is 3.15. The number of carboxylic acids is 1. The minimum absolute atomic E-state index is 0.00812. The van der Waals surface area contributed by atoms with E-state index in [4.69, 9.17) is 9.52 Å². The molecule has 6 heteroatoms. The molecule has 0 spiro atoms. The number of fused-ring (bicyclic) bond motifs is 1. The molecule has 0 saturated heterocycles. The van der Waals surface area contributed by atoms with Crippen molar-refractivity contribution in [1.82, 2.24) is 5.32 Å². The predicted octanol–water partition coefficient (Wildman–Crippen LogP) is 3.49. The van der Waals surface area contributed by atoms with Gasteiger partial charge in [-0.15, -0.1) is 0 Å². The Bertz CT molecular complexity index is 796. The third kappa shape index (κ3) is 3.04. The molecule has 1 aliphatic rings. The second-order valence-electron chi connectivity index (χ2n) is 5.87. The Morgan fingerprint density at radius 2 is 2.17 bits per heavy atom. The summed E-state index contributed by atoms with van der Waals surface area (Å²) < 4.78 is 18.7. The monoisotopic (exact) mass is 331 g/mol. The van der Waals surface area contributed by atoms with Gasteiger partial charge >= 0.3 is 5.97 Å². The molecule has 24 heavy (non-hydrogen) atoms. The Morgan fingerprint density at radius 1 is 1.38 bits per heavy atom.